The smallest absolute Gasteiger partial charge is 0.337 e. The second kappa shape index (κ2) is 10.1. The topological polar surface area (TPSA) is 163 Å². The van der Waals surface area contributed by atoms with E-state index in [0.29, 0.717) is 12.0 Å². The van der Waals surface area contributed by atoms with Gasteiger partial charge in [0.1, 0.15) is 24.4 Å². The molecule has 3 aliphatic heterocycles. The van der Waals surface area contributed by atoms with Gasteiger partial charge < -0.3 is 49.7 Å². The van der Waals surface area contributed by atoms with Crippen LogP contribution >= 0.6 is 0 Å². The van der Waals surface area contributed by atoms with Crippen LogP contribution in [0.25, 0.3) is 10.9 Å². The SMILES string of the molecule is COC(=O)C1=CO[C@H](O[C@@H]2O[C@H](CO)[C@@H](O)[C@H](O)[C@H]2O)[C@@H]2C([C@H]3NCCc4c3[nH]c3ccccc43)=CC[C@H]12. The first kappa shape index (κ1) is 25.5. The maximum Gasteiger partial charge on any atom is 0.337 e. The van der Waals surface area contributed by atoms with Crippen molar-refractivity contribution in [2.75, 3.05) is 20.3 Å². The van der Waals surface area contributed by atoms with Crippen LogP contribution in [0.2, 0.25) is 0 Å². The van der Waals surface area contributed by atoms with Crippen LogP contribution in [0.5, 0.6) is 0 Å². The van der Waals surface area contributed by atoms with Crippen LogP contribution in [0, 0.1) is 11.8 Å². The monoisotopic (exact) mass is 528 g/mol. The summed E-state index contributed by atoms with van der Waals surface area (Å²) in [6, 6.07) is 7.97. The van der Waals surface area contributed by atoms with Gasteiger partial charge >= 0.3 is 5.97 Å². The molecular weight excluding hydrogens is 496 g/mol. The number of allylic oxidation sites excluding steroid dienone is 1. The Morgan fingerprint density at radius 3 is 2.74 bits per heavy atom. The van der Waals surface area contributed by atoms with Gasteiger partial charge in [-0.15, -0.1) is 0 Å². The number of methoxy groups -OCH3 is 1. The highest BCUT2D eigenvalue weighted by Gasteiger charge is 2.51. The quantitative estimate of drug-likeness (QED) is 0.233. The molecular formula is C27H32N2O9. The molecule has 1 aromatic heterocycles. The van der Waals surface area contributed by atoms with Crippen molar-refractivity contribution >= 4 is 16.9 Å². The van der Waals surface area contributed by atoms with Gasteiger partial charge in [-0.1, -0.05) is 24.3 Å². The number of hydrogen-bond donors (Lipinski definition) is 6. The third-order valence-corrected chi connectivity index (χ3v) is 8.18. The highest BCUT2D eigenvalue weighted by molar-refractivity contribution is 5.89. The molecule has 11 nitrogen and oxygen atoms in total. The number of aliphatic hydroxyl groups is 4. The van der Waals surface area contributed by atoms with Crippen molar-refractivity contribution in [2.45, 2.75) is 55.9 Å². The molecule has 4 heterocycles. The van der Waals surface area contributed by atoms with Crippen LogP contribution in [-0.2, 0) is 30.2 Å². The third kappa shape index (κ3) is 4.06. The van der Waals surface area contributed by atoms with Gasteiger partial charge in [0.25, 0.3) is 0 Å². The van der Waals surface area contributed by atoms with E-state index in [1.807, 2.05) is 18.2 Å². The maximum absolute atomic E-state index is 12.6. The van der Waals surface area contributed by atoms with E-state index in [1.54, 1.807) is 0 Å². The number of aromatic amines is 1. The standard InChI is InChI=1S/C27H32N2O9/c1-35-25(34)16-11-36-26(38-27-24(33)23(32)22(31)18(10-30)37-27)19-13(16)6-7-15(19)20-21-14(8-9-28-20)12-4-2-3-5-17(12)29-21/h2-5,7,11,13,18-20,22-24,26-33H,6,8-10H2,1H3/t13-,18-,19+,20-,22-,23+,24-,26-,27+/m1/s1. The Balaban J connectivity index is 1.34. The number of hydrogen-bond acceptors (Lipinski definition) is 10. The Labute approximate surface area is 218 Å². The molecule has 0 spiro atoms. The lowest BCUT2D eigenvalue weighted by Gasteiger charge is -2.43. The number of carbonyl (C=O) groups is 1. The fraction of sp³-hybridized carbons (Fsp3) is 0.519. The summed E-state index contributed by atoms with van der Waals surface area (Å²) in [5.74, 6) is -1.25. The number of H-pyrrole nitrogens is 1. The molecule has 1 aromatic carbocycles. The van der Waals surface area contributed by atoms with Crippen molar-refractivity contribution < 1.29 is 44.2 Å². The second-order valence-corrected chi connectivity index (χ2v) is 10.2. The van der Waals surface area contributed by atoms with Crippen LogP contribution in [-0.4, -0.2) is 88.6 Å². The molecule has 38 heavy (non-hydrogen) atoms. The van der Waals surface area contributed by atoms with Crippen molar-refractivity contribution in [1.82, 2.24) is 10.3 Å². The first-order valence-corrected chi connectivity index (χ1v) is 12.9. The van der Waals surface area contributed by atoms with E-state index in [4.69, 9.17) is 18.9 Å². The molecule has 2 aromatic rings. The van der Waals surface area contributed by atoms with E-state index < -0.39 is 55.5 Å². The number of carbonyl (C=O) groups excluding carboxylic acids is 1. The minimum atomic E-state index is -1.58. The summed E-state index contributed by atoms with van der Waals surface area (Å²) in [6.07, 6.45) is -3.33. The number of ether oxygens (including phenoxy) is 4. The summed E-state index contributed by atoms with van der Waals surface area (Å²) in [4.78, 5) is 16.2. The molecule has 0 unspecified atom stereocenters. The van der Waals surface area contributed by atoms with Crippen molar-refractivity contribution in [3.63, 3.8) is 0 Å². The molecule has 0 bridgehead atoms. The maximum atomic E-state index is 12.6. The third-order valence-electron chi connectivity index (χ3n) is 8.18. The molecule has 11 heteroatoms. The molecule has 0 radical (unpaired) electrons. The molecule has 9 atom stereocenters. The predicted molar refractivity (Wildman–Crippen MR) is 132 cm³/mol. The van der Waals surface area contributed by atoms with E-state index in [9.17, 15) is 25.2 Å². The lowest BCUT2D eigenvalue weighted by molar-refractivity contribution is -0.339. The van der Waals surface area contributed by atoms with Crippen LogP contribution < -0.4 is 5.32 Å². The fourth-order valence-corrected chi connectivity index (χ4v) is 6.28. The Hall–Kier alpha value is -2.77. The lowest BCUT2D eigenvalue weighted by Crippen LogP contribution is -2.60. The molecule has 0 saturated carbocycles. The molecule has 1 fully saturated rings. The second-order valence-electron chi connectivity index (χ2n) is 10.2. The molecule has 204 valence electrons. The summed E-state index contributed by atoms with van der Waals surface area (Å²) in [5.41, 5.74) is 4.67. The van der Waals surface area contributed by atoms with Gasteiger partial charge in [-0.2, -0.15) is 0 Å². The molecule has 1 aliphatic carbocycles. The van der Waals surface area contributed by atoms with Gasteiger partial charge in [-0.05, 0) is 30.0 Å². The highest BCUT2D eigenvalue weighted by atomic mass is 16.8. The predicted octanol–water partition coefficient (Wildman–Crippen LogP) is 0.147. The zero-order valence-corrected chi connectivity index (χ0v) is 20.8. The summed E-state index contributed by atoms with van der Waals surface area (Å²) in [7, 11) is 1.32. The van der Waals surface area contributed by atoms with E-state index in [2.05, 4.69) is 22.4 Å². The van der Waals surface area contributed by atoms with Crippen molar-refractivity contribution in [3.8, 4) is 0 Å². The van der Waals surface area contributed by atoms with Crippen molar-refractivity contribution in [2.24, 2.45) is 11.8 Å². The zero-order chi connectivity index (χ0) is 26.6. The number of rotatable bonds is 5. The van der Waals surface area contributed by atoms with Crippen molar-refractivity contribution in [1.29, 1.82) is 0 Å². The van der Waals surface area contributed by atoms with Crippen LogP contribution in [0.15, 0.2) is 47.7 Å². The molecule has 1 saturated heterocycles. The summed E-state index contributed by atoms with van der Waals surface area (Å²) < 4.78 is 22.6. The largest absolute Gasteiger partial charge is 0.471 e. The molecule has 4 aliphatic rings. The number of esters is 1. The van der Waals surface area contributed by atoms with Gasteiger partial charge in [0.15, 0.2) is 6.29 Å². The summed E-state index contributed by atoms with van der Waals surface area (Å²) in [5, 5.41) is 45.3. The van der Waals surface area contributed by atoms with E-state index in [-0.39, 0.29) is 12.0 Å². The lowest BCUT2D eigenvalue weighted by atomic mass is 9.79. The Morgan fingerprint density at radius 1 is 1.13 bits per heavy atom. The minimum absolute atomic E-state index is 0.192. The highest BCUT2D eigenvalue weighted by Crippen LogP contribution is 2.49. The normalized spacial score (nSPS) is 36.6. The molecule has 6 N–H and O–H groups in total. The van der Waals surface area contributed by atoms with Gasteiger partial charge in [-0.3, -0.25) is 0 Å². The fourth-order valence-electron chi connectivity index (χ4n) is 6.28. The van der Waals surface area contributed by atoms with E-state index >= 15 is 0 Å². The van der Waals surface area contributed by atoms with Crippen LogP contribution in [0.3, 0.4) is 0 Å². The number of benzene rings is 1. The number of aromatic nitrogens is 1. The summed E-state index contributed by atoms with van der Waals surface area (Å²) in [6.45, 7) is 0.183. The van der Waals surface area contributed by atoms with Gasteiger partial charge in [0.2, 0.25) is 6.29 Å². The molecule has 6 rings (SSSR count). The van der Waals surface area contributed by atoms with Crippen molar-refractivity contribution in [3.05, 3.63) is 59.0 Å². The van der Waals surface area contributed by atoms with Gasteiger partial charge in [0, 0.05) is 29.1 Å². The Kier molecular flexibility index (Phi) is 6.77. The van der Waals surface area contributed by atoms with Gasteiger partial charge in [-0.25, -0.2) is 4.79 Å². The number of para-hydroxylation sites is 1. The summed E-state index contributed by atoms with van der Waals surface area (Å²) >= 11 is 0. The zero-order valence-electron chi connectivity index (χ0n) is 20.8. The number of aliphatic hydroxyl groups excluding tert-OH is 4. The Morgan fingerprint density at radius 2 is 1.95 bits per heavy atom. The first-order chi connectivity index (χ1) is 18.4. The van der Waals surface area contributed by atoms with Crippen LogP contribution in [0.1, 0.15) is 23.7 Å². The molecule has 0 amide bonds. The number of nitrogens with one attached hydrogen (secondary N) is 2. The van der Waals surface area contributed by atoms with Crippen LogP contribution in [0.4, 0.5) is 0 Å². The average Bonchev–Trinajstić information content (AvgIpc) is 3.55. The van der Waals surface area contributed by atoms with Gasteiger partial charge in [0.05, 0.1) is 37.5 Å². The van der Waals surface area contributed by atoms with E-state index in [0.717, 1.165) is 29.7 Å². The first-order valence-electron chi connectivity index (χ1n) is 12.9. The van der Waals surface area contributed by atoms with E-state index in [1.165, 1.54) is 24.3 Å². The minimum Gasteiger partial charge on any atom is -0.471 e. The number of fused-ring (bicyclic) bond motifs is 4. The Bertz CT molecular complexity index is 1270. The average molecular weight is 529 g/mol.